The number of hydrogen-bond acceptors (Lipinski definition) is 4. The van der Waals surface area contributed by atoms with Gasteiger partial charge >= 0.3 is 0 Å². The maximum atomic E-state index is 10.8. The molecule has 0 saturated heterocycles. The Morgan fingerprint density at radius 3 is 1.04 bits per heavy atom. The van der Waals surface area contributed by atoms with Crippen LogP contribution in [0.25, 0.3) is 32.3 Å². The molecule has 0 aliphatic carbocycles. The zero-order chi connectivity index (χ0) is 35.5. The first-order chi connectivity index (χ1) is 25.2. The van der Waals surface area contributed by atoms with Crippen LogP contribution in [0.2, 0.25) is 0 Å². The van der Waals surface area contributed by atoms with E-state index in [1.807, 2.05) is 12.1 Å². The van der Waals surface area contributed by atoms with Crippen LogP contribution in [0, 0.1) is 22.7 Å². The molecule has 52 heavy (non-hydrogen) atoms. The summed E-state index contributed by atoms with van der Waals surface area (Å²) < 4.78 is 0. The smallest absolute Gasteiger partial charge is 0.0998 e. The summed E-state index contributed by atoms with van der Waals surface area (Å²) in [5.74, 6) is 0. The number of hydrogen-bond donors (Lipinski definition) is 0. The van der Waals surface area contributed by atoms with Crippen LogP contribution in [-0.4, -0.2) is 0 Å². The Bertz CT molecular complexity index is 2600. The number of para-hydroxylation sites is 4. The molecule has 0 amide bonds. The van der Waals surface area contributed by atoms with E-state index in [4.69, 9.17) is 0 Å². The minimum atomic E-state index is -0.186. The van der Waals surface area contributed by atoms with Gasteiger partial charge in [-0.2, -0.15) is 10.5 Å². The van der Waals surface area contributed by atoms with Crippen molar-refractivity contribution in [1.29, 1.82) is 10.5 Å². The van der Waals surface area contributed by atoms with Crippen molar-refractivity contribution >= 4 is 66.4 Å². The molecule has 0 unspecified atom stereocenters. The van der Waals surface area contributed by atoms with Crippen molar-refractivity contribution < 1.29 is 0 Å². The molecule has 2 heterocycles. The van der Waals surface area contributed by atoms with Crippen molar-refractivity contribution in [3.8, 4) is 12.1 Å². The quantitative estimate of drug-likeness (QED) is 0.172. The van der Waals surface area contributed by atoms with E-state index >= 15 is 0 Å². The van der Waals surface area contributed by atoms with Crippen LogP contribution in [0.1, 0.15) is 61.1 Å². The van der Waals surface area contributed by atoms with Crippen molar-refractivity contribution in [2.45, 2.75) is 38.5 Å². The Kier molecular flexibility index (Phi) is 6.08. The van der Waals surface area contributed by atoms with Gasteiger partial charge in [-0.1, -0.05) is 100 Å². The summed E-state index contributed by atoms with van der Waals surface area (Å²) in [7, 11) is 0. The lowest BCUT2D eigenvalue weighted by Gasteiger charge is -2.42. The number of benzene rings is 8. The minimum Gasteiger partial charge on any atom is -0.310 e. The number of nitrogens with zero attached hydrogens (tertiary/aromatic N) is 4. The molecule has 0 aromatic heterocycles. The fourth-order valence-corrected chi connectivity index (χ4v) is 9.31. The van der Waals surface area contributed by atoms with E-state index in [-0.39, 0.29) is 10.8 Å². The van der Waals surface area contributed by atoms with E-state index in [2.05, 4.69) is 171 Å². The second kappa shape index (κ2) is 10.5. The highest BCUT2D eigenvalue weighted by Gasteiger charge is 2.38. The molecule has 8 aromatic carbocycles. The Morgan fingerprint density at radius 2 is 0.731 bits per heavy atom. The lowest BCUT2D eigenvalue weighted by Crippen LogP contribution is -2.30. The van der Waals surface area contributed by atoms with Crippen LogP contribution in [0.3, 0.4) is 0 Å². The van der Waals surface area contributed by atoms with E-state index in [0.717, 1.165) is 66.4 Å². The Labute approximate surface area is 303 Å². The lowest BCUT2D eigenvalue weighted by atomic mass is 9.73. The minimum absolute atomic E-state index is 0.186. The van der Waals surface area contributed by atoms with Gasteiger partial charge in [-0.3, -0.25) is 0 Å². The monoisotopic (exact) mass is 666 g/mol. The predicted molar refractivity (Wildman–Crippen MR) is 213 cm³/mol. The highest BCUT2D eigenvalue weighted by Crippen LogP contribution is 2.55. The normalized spacial score (nSPS) is 15.1. The predicted octanol–water partition coefficient (Wildman–Crippen LogP) is 12.5. The van der Waals surface area contributed by atoms with Gasteiger partial charge in [0.2, 0.25) is 0 Å². The average molecular weight is 667 g/mol. The molecule has 0 N–H and O–H groups in total. The molecule has 8 aromatic rings. The summed E-state index contributed by atoms with van der Waals surface area (Å²) in [5.41, 5.74) is 12.2. The number of anilines is 6. The molecule has 4 heteroatoms. The van der Waals surface area contributed by atoms with Gasteiger partial charge in [0.15, 0.2) is 0 Å². The molecule has 2 aliphatic rings. The number of nitriles is 2. The Morgan fingerprint density at radius 1 is 0.423 bits per heavy atom. The van der Waals surface area contributed by atoms with Crippen LogP contribution >= 0.6 is 0 Å². The van der Waals surface area contributed by atoms with Crippen molar-refractivity contribution in [3.05, 3.63) is 167 Å². The lowest BCUT2D eigenvalue weighted by molar-refractivity contribution is 0.632. The first-order valence-electron chi connectivity index (χ1n) is 17.8. The highest BCUT2D eigenvalue weighted by molar-refractivity contribution is 6.27. The van der Waals surface area contributed by atoms with Gasteiger partial charge in [0.25, 0.3) is 0 Å². The van der Waals surface area contributed by atoms with Crippen LogP contribution < -0.4 is 9.80 Å². The highest BCUT2D eigenvalue weighted by atomic mass is 15.2. The Hall–Kier alpha value is -6.62. The maximum absolute atomic E-state index is 10.8. The molecular formula is C48H34N4. The van der Waals surface area contributed by atoms with Crippen molar-refractivity contribution in [1.82, 2.24) is 0 Å². The summed E-state index contributed by atoms with van der Waals surface area (Å²) >= 11 is 0. The van der Waals surface area contributed by atoms with Crippen molar-refractivity contribution in [2.24, 2.45) is 0 Å². The molecule has 246 valence electrons. The second-order valence-electron chi connectivity index (χ2n) is 15.2. The van der Waals surface area contributed by atoms with E-state index < -0.39 is 0 Å². The Balaban J connectivity index is 1.25. The summed E-state index contributed by atoms with van der Waals surface area (Å²) in [5, 5.41) is 27.2. The third-order valence-corrected chi connectivity index (χ3v) is 11.8. The molecule has 0 spiro atoms. The molecule has 0 bridgehead atoms. The zero-order valence-corrected chi connectivity index (χ0v) is 29.5. The van der Waals surface area contributed by atoms with Gasteiger partial charge in [0.05, 0.1) is 46.0 Å². The largest absolute Gasteiger partial charge is 0.310 e. The van der Waals surface area contributed by atoms with Crippen LogP contribution in [0.15, 0.2) is 133 Å². The first kappa shape index (κ1) is 30.2. The van der Waals surface area contributed by atoms with E-state index in [1.165, 1.54) is 22.3 Å². The molecule has 0 saturated carbocycles. The number of rotatable bonds is 2. The van der Waals surface area contributed by atoms with E-state index in [1.54, 1.807) is 0 Å². The summed E-state index contributed by atoms with van der Waals surface area (Å²) in [4.78, 5) is 4.64. The van der Waals surface area contributed by atoms with Gasteiger partial charge < -0.3 is 9.80 Å². The third-order valence-electron chi connectivity index (χ3n) is 11.8. The molecule has 0 radical (unpaired) electrons. The van der Waals surface area contributed by atoms with Crippen LogP contribution in [0.4, 0.5) is 34.1 Å². The zero-order valence-electron chi connectivity index (χ0n) is 29.5. The van der Waals surface area contributed by atoms with Crippen LogP contribution in [-0.2, 0) is 10.8 Å². The van der Waals surface area contributed by atoms with Gasteiger partial charge in [-0.25, -0.2) is 0 Å². The molecule has 0 fully saturated rings. The number of fused-ring (bicyclic) bond motifs is 4. The summed E-state index contributed by atoms with van der Waals surface area (Å²) in [6.45, 7) is 9.13. The van der Waals surface area contributed by atoms with Crippen molar-refractivity contribution in [2.75, 3.05) is 9.80 Å². The third kappa shape index (κ3) is 3.90. The fraction of sp³-hybridized carbons (Fsp3) is 0.125. The van der Waals surface area contributed by atoms with Gasteiger partial charge in [-0.15, -0.1) is 0 Å². The fourth-order valence-electron chi connectivity index (χ4n) is 9.31. The SMILES string of the molecule is CC1(C)c2ccccc2N(c2cc3cc(C#N)c4cc(N5c6ccccc6C(C)(C)c6ccccc65)cc5cc(C#N)c(c2)c3c54)c2ccccc21. The average Bonchev–Trinajstić information content (AvgIpc) is 3.16. The van der Waals surface area contributed by atoms with Gasteiger partial charge in [0.1, 0.15) is 0 Å². The van der Waals surface area contributed by atoms with Gasteiger partial charge in [-0.05, 0) is 104 Å². The first-order valence-corrected chi connectivity index (χ1v) is 17.8. The van der Waals surface area contributed by atoms with E-state index in [0.29, 0.717) is 11.1 Å². The summed E-state index contributed by atoms with van der Waals surface area (Å²) in [6.07, 6.45) is 0. The maximum Gasteiger partial charge on any atom is 0.0998 e. The molecule has 4 nitrogen and oxygen atoms in total. The van der Waals surface area contributed by atoms with E-state index in [9.17, 15) is 10.5 Å². The summed E-state index contributed by atoms with van der Waals surface area (Å²) in [6, 6.07) is 52.3. The second-order valence-corrected chi connectivity index (χ2v) is 15.2. The van der Waals surface area contributed by atoms with Crippen molar-refractivity contribution in [3.63, 3.8) is 0 Å². The molecule has 10 rings (SSSR count). The molecule has 2 aliphatic heterocycles. The molecular weight excluding hydrogens is 633 g/mol. The molecule has 0 atom stereocenters. The van der Waals surface area contributed by atoms with Gasteiger partial charge in [0, 0.05) is 33.0 Å². The topological polar surface area (TPSA) is 54.1 Å². The van der Waals surface area contributed by atoms with Crippen LogP contribution in [0.5, 0.6) is 0 Å². The standard InChI is InChI=1S/C48H34N4/c1-47(2)37-13-5-9-17-41(37)51(42-18-10-6-14-38(42)47)33-23-29-21-32(28-50)36-26-34(24-30-22-31(27-49)35(25-33)45(29)46(30)36)52-43-19-11-7-15-39(43)48(3,4)40-16-8-12-20-44(40)52/h5-26H,1-4H3.